The largest absolute Gasteiger partial charge is 0.490 e. The minimum atomic E-state index is 0.564. The topological polar surface area (TPSA) is 37.8 Å². The first-order valence-corrected chi connectivity index (χ1v) is 10.4. The number of likely N-dealkylation sites (tertiary alicyclic amines) is 1. The van der Waals surface area contributed by atoms with Crippen LogP contribution in [0.25, 0.3) is 0 Å². The Morgan fingerprint density at radius 3 is 2.65 bits per heavy atom. The molecule has 1 aromatic rings. The zero-order valence-electron chi connectivity index (χ0n) is 16.5. The molecule has 2 aliphatic heterocycles. The summed E-state index contributed by atoms with van der Waals surface area (Å²) in [4.78, 5) is 9.19. The Balaban J connectivity index is 1.39. The van der Waals surface area contributed by atoms with Crippen molar-refractivity contribution < 1.29 is 9.47 Å². The van der Waals surface area contributed by atoms with Crippen molar-refractivity contribution in [3.63, 3.8) is 0 Å². The average Bonchev–Trinajstić information content (AvgIpc) is 2.67. The van der Waals surface area contributed by atoms with Gasteiger partial charge in [-0.05, 0) is 51.6 Å². The fraction of sp³-hybridized carbons (Fsp3) is 0.762. The Kier molecular flexibility index (Phi) is 7.56. The van der Waals surface area contributed by atoms with Gasteiger partial charge in [0.25, 0.3) is 0 Å². The van der Waals surface area contributed by atoms with Crippen LogP contribution in [-0.4, -0.2) is 62.4 Å². The summed E-state index contributed by atoms with van der Waals surface area (Å²) in [7, 11) is 2.16. The second kappa shape index (κ2) is 10.1. The van der Waals surface area contributed by atoms with Crippen LogP contribution >= 0.6 is 0 Å². The van der Waals surface area contributed by atoms with Crippen molar-refractivity contribution in [2.75, 3.05) is 51.4 Å². The summed E-state index contributed by atoms with van der Waals surface area (Å²) in [5, 5.41) is 0. The third-order valence-corrected chi connectivity index (χ3v) is 5.87. The number of rotatable bonds is 10. The molecule has 5 heteroatoms. The summed E-state index contributed by atoms with van der Waals surface area (Å²) in [6.07, 6.45) is 11.1. The van der Waals surface area contributed by atoms with Crippen LogP contribution in [0.3, 0.4) is 0 Å². The minimum Gasteiger partial charge on any atom is -0.490 e. The second-order valence-corrected chi connectivity index (χ2v) is 7.80. The smallest absolute Gasteiger partial charge is 0.139 e. The molecule has 0 spiro atoms. The van der Waals surface area contributed by atoms with E-state index in [0.717, 1.165) is 44.6 Å². The number of ether oxygens (including phenoxy) is 2. The highest BCUT2D eigenvalue weighted by Gasteiger charge is 2.24. The highest BCUT2D eigenvalue weighted by Crippen LogP contribution is 2.27. The molecule has 2 aliphatic rings. The van der Waals surface area contributed by atoms with E-state index in [1.54, 1.807) is 0 Å². The molecule has 0 aromatic carbocycles. The van der Waals surface area contributed by atoms with E-state index >= 15 is 0 Å². The monoisotopic (exact) mass is 361 g/mol. The number of piperidine rings is 1. The van der Waals surface area contributed by atoms with Gasteiger partial charge in [-0.2, -0.15) is 0 Å². The predicted molar refractivity (Wildman–Crippen MR) is 106 cm³/mol. The second-order valence-electron chi connectivity index (χ2n) is 7.80. The number of aromatic nitrogens is 1. The number of hydrogen-bond acceptors (Lipinski definition) is 5. The number of nitrogens with zero attached hydrogens (tertiary/aromatic N) is 3. The maximum Gasteiger partial charge on any atom is 0.139 e. The number of unbranched alkanes of at least 4 members (excludes halogenated alkanes) is 1. The lowest BCUT2D eigenvalue weighted by Crippen LogP contribution is -2.48. The van der Waals surface area contributed by atoms with E-state index in [2.05, 4.69) is 34.8 Å². The molecule has 0 amide bonds. The van der Waals surface area contributed by atoms with Gasteiger partial charge in [0, 0.05) is 38.4 Å². The Morgan fingerprint density at radius 1 is 1.12 bits per heavy atom. The average molecular weight is 362 g/mol. The molecule has 26 heavy (non-hydrogen) atoms. The van der Waals surface area contributed by atoms with Gasteiger partial charge in [-0.15, -0.1) is 0 Å². The molecule has 2 fully saturated rings. The molecule has 0 radical (unpaired) electrons. The first-order chi connectivity index (χ1) is 12.8. The van der Waals surface area contributed by atoms with Crippen molar-refractivity contribution in [1.82, 2.24) is 9.88 Å². The van der Waals surface area contributed by atoms with E-state index in [4.69, 9.17) is 9.47 Å². The molecule has 3 rings (SSSR count). The summed E-state index contributed by atoms with van der Waals surface area (Å²) >= 11 is 0. The Hall–Kier alpha value is -1.33. The summed E-state index contributed by atoms with van der Waals surface area (Å²) in [6, 6.07) is 2.72. The lowest BCUT2D eigenvalue weighted by molar-refractivity contribution is 0.0767. The first-order valence-electron chi connectivity index (χ1n) is 10.4. The fourth-order valence-electron chi connectivity index (χ4n) is 3.71. The fourth-order valence-corrected chi connectivity index (χ4v) is 3.71. The van der Waals surface area contributed by atoms with E-state index < -0.39 is 0 Å². The van der Waals surface area contributed by atoms with Crippen LogP contribution in [0.4, 0.5) is 5.69 Å². The SMILES string of the molecule is CCCCOCCC1CCN(c2cncc(OC[C@H]3CCN3C)c2)CC1. The lowest BCUT2D eigenvalue weighted by atomic mass is 9.94. The Labute approximate surface area is 158 Å². The molecular weight excluding hydrogens is 326 g/mol. The van der Waals surface area contributed by atoms with Gasteiger partial charge in [0.2, 0.25) is 0 Å². The van der Waals surface area contributed by atoms with Crippen molar-refractivity contribution in [3.05, 3.63) is 18.5 Å². The highest BCUT2D eigenvalue weighted by molar-refractivity contribution is 5.48. The number of pyridine rings is 1. The van der Waals surface area contributed by atoms with Gasteiger partial charge in [-0.25, -0.2) is 0 Å². The van der Waals surface area contributed by atoms with Gasteiger partial charge in [-0.3, -0.25) is 9.88 Å². The Bertz CT molecular complexity index is 532. The molecule has 0 aliphatic carbocycles. The van der Waals surface area contributed by atoms with Crippen LogP contribution in [0.15, 0.2) is 18.5 Å². The molecule has 146 valence electrons. The number of likely N-dealkylation sites (N-methyl/N-ethyl adjacent to an activating group) is 1. The van der Waals surface area contributed by atoms with Crippen molar-refractivity contribution in [3.8, 4) is 5.75 Å². The third-order valence-electron chi connectivity index (χ3n) is 5.87. The predicted octanol–water partition coefficient (Wildman–Crippen LogP) is 3.59. The van der Waals surface area contributed by atoms with Gasteiger partial charge in [0.15, 0.2) is 0 Å². The van der Waals surface area contributed by atoms with Crippen LogP contribution in [0.5, 0.6) is 5.75 Å². The number of hydrogen-bond donors (Lipinski definition) is 0. The number of anilines is 1. The van der Waals surface area contributed by atoms with Crippen molar-refractivity contribution in [2.24, 2.45) is 5.92 Å². The quantitative estimate of drug-likeness (QED) is 0.596. The van der Waals surface area contributed by atoms with Gasteiger partial charge in [0.05, 0.1) is 18.1 Å². The van der Waals surface area contributed by atoms with E-state index in [1.165, 1.54) is 50.8 Å². The molecule has 2 saturated heterocycles. The normalized spacial score (nSPS) is 21.6. The van der Waals surface area contributed by atoms with Crippen molar-refractivity contribution in [2.45, 2.75) is 51.5 Å². The van der Waals surface area contributed by atoms with Crippen LogP contribution in [0.1, 0.15) is 45.4 Å². The lowest BCUT2D eigenvalue weighted by Gasteiger charge is -2.37. The van der Waals surface area contributed by atoms with Gasteiger partial charge in [-0.1, -0.05) is 13.3 Å². The molecule has 3 heterocycles. The third kappa shape index (κ3) is 5.58. The van der Waals surface area contributed by atoms with Crippen LogP contribution < -0.4 is 9.64 Å². The van der Waals surface area contributed by atoms with Crippen molar-refractivity contribution in [1.29, 1.82) is 0 Å². The maximum absolute atomic E-state index is 5.97. The standard InChI is InChI=1S/C21H35N3O2/c1-3-4-12-25-13-8-18-5-10-24(11-6-18)20-14-21(16-22-15-20)26-17-19-7-9-23(19)2/h14-16,18-19H,3-13,17H2,1-2H3/t19-/m1/s1. The van der Waals surface area contributed by atoms with E-state index in [-0.39, 0.29) is 0 Å². The highest BCUT2D eigenvalue weighted by atomic mass is 16.5. The van der Waals surface area contributed by atoms with Gasteiger partial charge < -0.3 is 14.4 Å². The molecule has 0 unspecified atom stereocenters. The summed E-state index contributed by atoms with van der Waals surface area (Å²) in [5.41, 5.74) is 1.20. The zero-order chi connectivity index (χ0) is 18.2. The molecule has 0 bridgehead atoms. The molecule has 1 aromatic heterocycles. The zero-order valence-corrected chi connectivity index (χ0v) is 16.5. The van der Waals surface area contributed by atoms with Gasteiger partial charge in [0.1, 0.15) is 12.4 Å². The van der Waals surface area contributed by atoms with E-state index in [9.17, 15) is 0 Å². The van der Waals surface area contributed by atoms with Crippen LogP contribution in [-0.2, 0) is 4.74 Å². The van der Waals surface area contributed by atoms with Crippen LogP contribution in [0.2, 0.25) is 0 Å². The maximum atomic E-state index is 5.97. The molecule has 0 saturated carbocycles. The van der Waals surface area contributed by atoms with E-state index in [0.29, 0.717) is 6.04 Å². The van der Waals surface area contributed by atoms with Crippen LogP contribution in [0, 0.1) is 5.92 Å². The van der Waals surface area contributed by atoms with Gasteiger partial charge >= 0.3 is 0 Å². The summed E-state index contributed by atoms with van der Waals surface area (Å²) in [5.74, 6) is 1.70. The first kappa shape index (κ1) is 19.4. The summed E-state index contributed by atoms with van der Waals surface area (Å²) < 4.78 is 11.7. The van der Waals surface area contributed by atoms with Crippen molar-refractivity contribution >= 4 is 5.69 Å². The summed E-state index contributed by atoms with van der Waals surface area (Å²) in [6.45, 7) is 8.22. The minimum absolute atomic E-state index is 0.564. The molecule has 1 atom stereocenters. The molecule has 0 N–H and O–H groups in total. The molecular formula is C21H35N3O2. The molecule has 5 nitrogen and oxygen atoms in total. The van der Waals surface area contributed by atoms with E-state index in [1.807, 2.05) is 12.4 Å². The Morgan fingerprint density at radius 2 is 1.96 bits per heavy atom.